The van der Waals surface area contributed by atoms with E-state index in [1.165, 1.54) is 32.2 Å². The van der Waals surface area contributed by atoms with E-state index >= 15 is 0 Å². The van der Waals surface area contributed by atoms with E-state index in [-0.39, 0.29) is 28.6 Å². The number of benzene rings is 1. The Morgan fingerprint density at radius 1 is 1.30 bits per heavy atom. The van der Waals surface area contributed by atoms with E-state index in [9.17, 15) is 9.18 Å². The van der Waals surface area contributed by atoms with Crippen LogP contribution in [0.1, 0.15) is 16.1 Å². The van der Waals surface area contributed by atoms with Gasteiger partial charge in [-0.2, -0.15) is 9.37 Å². The summed E-state index contributed by atoms with van der Waals surface area (Å²) < 4.78 is 24.1. The standard InChI is InChI=1S/C13H11FN2O4/c1-7-11(14)12(16-6-15-7)20-10-5-8(13(17)18)3-4-9(10)19-2/h3-6H,1-2H3,(H,17,18). The second-order valence-corrected chi connectivity index (χ2v) is 3.85. The number of halogens is 1. The number of carbonyl (C=O) groups is 1. The summed E-state index contributed by atoms with van der Waals surface area (Å²) >= 11 is 0. The van der Waals surface area contributed by atoms with Crippen LogP contribution in [-0.2, 0) is 0 Å². The van der Waals surface area contributed by atoms with Crippen molar-refractivity contribution in [1.82, 2.24) is 9.97 Å². The summed E-state index contributed by atoms with van der Waals surface area (Å²) in [4.78, 5) is 18.3. The fourth-order valence-corrected chi connectivity index (χ4v) is 1.50. The third kappa shape index (κ3) is 2.66. The zero-order chi connectivity index (χ0) is 14.7. The van der Waals surface area contributed by atoms with Crippen LogP contribution >= 0.6 is 0 Å². The lowest BCUT2D eigenvalue weighted by molar-refractivity contribution is 0.0696. The van der Waals surface area contributed by atoms with Gasteiger partial charge in [0, 0.05) is 0 Å². The minimum absolute atomic E-state index is 0.00742. The molecule has 0 unspecified atom stereocenters. The second-order valence-electron chi connectivity index (χ2n) is 3.85. The first-order valence-electron chi connectivity index (χ1n) is 5.59. The quantitative estimate of drug-likeness (QED) is 0.924. The minimum Gasteiger partial charge on any atom is -0.493 e. The van der Waals surface area contributed by atoms with Crippen LogP contribution in [0.15, 0.2) is 24.5 Å². The van der Waals surface area contributed by atoms with Gasteiger partial charge in [0.2, 0.25) is 5.82 Å². The Morgan fingerprint density at radius 2 is 2.05 bits per heavy atom. The summed E-state index contributed by atoms with van der Waals surface area (Å²) in [7, 11) is 1.39. The Kier molecular flexibility index (Phi) is 3.79. The van der Waals surface area contributed by atoms with Crippen LogP contribution in [0.4, 0.5) is 4.39 Å². The molecule has 0 aliphatic carbocycles. The molecule has 0 atom stereocenters. The Balaban J connectivity index is 2.43. The molecule has 0 amide bonds. The fraction of sp³-hybridized carbons (Fsp3) is 0.154. The van der Waals surface area contributed by atoms with Crippen LogP contribution < -0.4 is 9.47 Å². The normalized spacial score (nSPS) is 10.2. The van der Waals surface area contributed by atoms with Gasteiger partial charge in [0.05, 0.1) is 18.4 Å². The predicted molar refractivity (Wildman–Crippen MR) is 66.8 cm³/mol. The molecule has 0 fully saturated rings. The van der Waals surface area contributed by atoms with Crippen LogP contribution in [0, 0.1) is 12.7 Å². The van der Waals surface area contributed by atoms with Crippen LogP contribution in [0.3, 0.4) is 0 Å². The number of aromatic nitrogens is 2. The van der Waals surface area contributed by atoms with Crippen LogP contribution in [0.5, 0.6) is 17.4 Å². The summed E-state index contributed by atoms with van der Waals surface area (Å²) in [5.41, 5.74) is 0.121. The highest BCUT2D eigenvalue weighted by molar-refractivity contribution is 5.88. The molecular weight excluding hydrogens is 267 g/mol. The first-order valence-corrected chi connectivity index (χ1v) is 5.59. The summed E-state index contributed by atoms with van der Waals surface area (Å²) in [6.07, 6.45) is 1.15. The lowest BCUT2D eigenvalue weighted by atomic mass is 10.2. The topological polar surface area (TPSA) is 81.5 Å². The van der Waals surface area contributed by atoms with E-state index in [1.54, 1.807) is 0 Å². The number of carboxylic acid groups (broad SMARTS) is 1. The largest absolute Gasteiger partial charge is 0.493 e. The number of carboxylic acids is 1. The van der Waals surface area contributed by atoms with Crippen LogP contribution in [0.25, 0.3) is 0 Å². The number of ether oxygens (including phenoxy) is 2. The van der Waals surface area contributed by atoms with Gasteiger partial charge in [0.15, 0.2) is 11.5 Å². The molecule has 1 heterocycles. The molecule has 0 bridgehead atoms. The zero-order valence-corrected chi connectivity index (χ0v) is 10.8. The van der Waals surface area contributed by atoms with Crippen molar-refractivity contribution >= 4 is 5.97 Å². The highest BCUT2D eigenvalue weighted by Gasteiger charge is 2.15. The minimum atomic E-state index is -1.13. The molecule has 1 N–H and O–H groups in total. The highest BCUT2D eigenvalue weighted by atomic mass is 19.1. The van der Waals surface area contributed by atoms with Crippen LogP contribution in [-0.4, -0.2) is 28.2 Å². The maximum Gasteiger partial charge on any atom is 0.335 e. The number of hydrogen-bond acceptors (Lipinski definition) is 5. The molecular formula is C13H11FN2O4. The maximum atomic E-state index is 13.8. The van der Waals surface area contributed by atoms with Gasteiger partial charge in [-0.25, -0.2) is 9.78 Å². The molecule has 0 spiro atoms. The van der Waals surface area contributed by atoms with Gasteiger partial charge >= 0.3 is 5.97 Å². The summed E-state index contributed by atoms with van der Waals surface area (Å²) in [5, 5.41) is 8.94. The number of rotatable bonds is 4. The number of aromatic carboxylic acids is 1. The van der Waals surface area contributed by atoms with Gasteiger partial charge in [-0.3, -0.25) is 0 Å². The molecule has 0 saturated heterocycles. The van der Waals surface area contributed by atoms with E-state index in [2.05, 4.69) is 9.97 Å². The van der Waals surface area contributed by atoms with Crippen molar-refractivity contribution in [2.45, 2.75) is 6.92 Å². The van der Waals surface area contributed by atoms with E-state index < -0.39 is 11.8 Å². The average Bonchev–Trinajstić information content (AvgIpc) is 2.43. The third-order valence-corrected chi connectivity index (χ3v) is 2.55. The van der Waals surface area contributed by atoms with Crippen molar-refractivity contribution in [3.8, 4) is 17.4 Å². The Labute approximate surface area is 113 Å². The third-order valence-electron chi connectivity index (χ3n) is 2.55. The van der Waals surface area contributed by atoms with Crippen molar-refractivity contribution in [3.05, 3.63) is 41.6 Å². The molecule has 2 aromatic rings. The van der Waals surface area contributed by atoms with E-state index in [4.69, 9.17) is 14.6 Å². The fourth-order valence-electron chi connectivity index (χ4n) is 1.50. The first kappa shape index (κ1) is 13.7. The van der Waals surface area contributed by atoms with Crippen LogP contribution in [0.2, 0.25) is 0 Å². The number of hydrogen-bond donors (Lipinski definition) is 1. The molecule has 0 radical (unpaired) electrons. The average molecular weight is 278 g/mol. The summed E-state index contributed by atoms with van der Waals surface area (Å²) in [6, 6.07) is 4.01. The summed E-state index contributed by atoms with van der Waals surface area (Å²) in [6.45, 7) is 1.47. The molecule has 7 heteroatoms. The molecule has 20 heavy (non-hydrogen) atoms. The first-order chi connectivity index (χ1) is 9.52. The van der Waals surface area contributed by atoms with Gasteiger partial charge in [-0.1, -0.05) is 0 Å². The summed E-state index contributed by atoms with van der Waals surface area (Å²) in [5.74, 6) is -1.81. The lowest BCUT2D eigenvalue weighted by Gasteiger charge is -2.11. The van der Waals surface area contributed by atoms with Crippen molar-refractivity contribution in [2.75, 3.05) is 7.11 Å². The molecule has 0 aliphatic heterocycles. The predicted octanol–water partition coefficient (Wildman–Crippen LogP) is 2.42. The molecule has 0 saturated carbocycles. The maximum absolute atomic E-state index is 13.8. The number of nitrogens with zero attached hydrogens (tertiary/aromatic N) is 2. The highest BCUT2D eigenvalue weighted by Crippen LogP contribution is 2.32. The molecule has 0 aliphatic rings. The van der Waals surface area contributed by atoms with Gasteiger partial charge in [-0.05, 0) is 25.1 Å². The van der Waals surface area contributed by atoms with Gasteiger partial charge in [0.25, 0.3) is 5.88 Å². The van der Waals surface area contributed by atoms with Crippen molar-refractivity contribution in [1.29, 1.82) is 0 Å². The Bertz CT molecular complexity index is 661. The molecule has 6 nitrogen and oxygen atoms in total. The van der Waals surface area contributed by atoms with Gasteiger partial charge < -0.3 is 14.6 Å². The Hall–Kier alpha value is -2.70. The van der Waals surface area contributed by atoms with E-state index in [0.29, 0.717) is 0 Å². The number of methoxy groups -OCH3 is 1. The van der Waals surface area contributed by atoms with Crippen molar-refractivity contribution in [3.63, 3.8) is 0 Å². The van der Waals surface area contributed by atoms with E-state index in [1.807, 2.05) is 0 Å². The van der Waals surface area contributed by atoms with Crippen molar-refractivity contribution in [2.24, 2.45) is 0 Å². The Morgan fingerprint density at radius 3 is 2.70 bits per heavy atom. The van der Waals surface area contributed by atoms with Gasteiger partial charge in [0.1, 0.15) is 6.33 Å². The zero-order valence-electron chi connectivity index (χ0n) is 10.8. The number of aryl methyl sites for hydroxylation is 1. The van der Waals surface area contributed by atoms with Crippen molar-refractivity contribution < 1.29 is 23.8 Å². The second kappa shape index (κ2) is 5.52. The molecule has 104 valence electrons. The molecule has 1 aromatic heterocycles. The molecule has 2 rings (SSSR count). The smallest absolute Gasteiger partial charge is 0.335 e. The lowest BCUT2D eigenvalue weighted by Crippen LogP contribution is -2.01. The van der Waals surface area contributed by atoms with E-state index in [0.717, 1.165) is 6.33 Å². The monoisotopic (exact) mass is 278 g/mol. The molecule has 1 aromatic carbocycles. The van der Waals surface area contributed by atoms with Gasteiger partial charge in [-0.15, -0.1) is 0 Å². The SMILES string of the molecule is COc1ccc(C(=O)O)cc1Oc1ncnc(C)c1F.